The first-order valence-electron chi connectivity index (χ1n) is 7.24. The van der Waals surface area contributed by atoms with Gasteiger partial charge in [0.1, 0.15) is 0 Å². The van der Waals surface area contributed by atoms with Crippen LogP contribution in [-0.2, 0) is 4.79 Å². The third-order valence-electron chi connectivity index (χ3n) is 4.29. The summed E-state index contributed by atoms with van der Waals surface area (Å²) in [7, 11) is 0. The van der Waals surface area contributed by atoms with Crippen molar-refractivity contribution in [3.63, 3.8) is 0 Å². The molecule has 2 fully saturated rings. The van der Waals surface area contributed by atoms with Crippen LogP contribution in [0.3, 0.4) is 0 Å². The zero-order valence-electron chi connectivity index (χ0n) is 11.5. The number of amides is 1. The van der Waals surface area contributed by atoms with E-state index < -0.39 is 0 Å². The van der Waals surface area contributed by atoms with Crippen molar-refractivity contribution in [3.8, 4) is 0 Å². The molecule has 0 aliphatic carbocycles. The SMILES string of the molecule is CC1CCCN(C(=O)CC2CCNCC2)CC1.Cl. The third-order valence-corrected chi connectivity index (χ3v) is 4.29. The zero-order chi connectivity index (χ0) is 12.1. The van der Waals surface area contributed by atoms with Gasteiger partial charge in [-0.1, -0.05) is 6.92 Å². The molecule has 1 N–H and O–H groups in total. The summed E-state index contributed by atoms with van der Waals surface area (Å²) in [6.07, 6.45) is 6.82. The van der Waals surface area contributed by atoms with E-state index in [1.165, 1.54) is 32.1 Å². The molecule has 2 heterocycles. The van der Waals surface area contributed by atoms with Crippen LogP contribution in [0.5, 0.6) is 0 Å². The highest BCUT2D eigenvalue weighted by Crippen LogP contribution is 2.20. The minimum absolute atomic E-state index is 0. The molecule has 1 amide bonds. The number of piperidine rings is 1. The molecule has 0 spiro atoms. The van der Waals surface area contributed by atoms with Crippen LogP contribution in [0.25, 0.3) is 0 Å². The largest absolute Gasteiger partial charge is 0.343 e. The fraction of sp³-hybridized carbons (Fsp3) is 0.929. The predicted molar refractivity (Wildman–Crippen MR) is 77.1 cm³/mol. The van der Waals surface area contributed by atoms with E-state index in [9.17, 15) is 4.79 Å². The van der Waals surface area contributed by atoms with Crippen molar-refractivity contribution in [1.29, 1.82) is 0 Å². The van der Waals surface area contributed by atoms with Crippen LogP contribution >= 0.6 is 12.4 Å². The molecule has 1 atom stereocenters. The number of nitrogens with one attached hydrogen (secondary N) is 1. The molecule has 0 aromatic rings. The van der Waals surface area contributed by atoms with Gasteiger partial charge >= 0.3 is 0 Å². The molecule has 2 aliphatic rings. The van der Waals surface area contributed by atoms with Gasteiger partial charge in [-0.3, -0.25) is 4.79 Å². The highest BCUT2D eigenvalue weighted by molar-refractivity contribution is 5.85. The molecule has 0 radical (unpaired) electrons. The maximum Gasteiger partial charge on any atom is 0.222 e. The van der Waals surface area contributed by atoms with Gasteiger partial charge in [-0.2, -0.15) is 0 Å². The molecule has 3 nitrogen and oxygen atoms in total. The number of hydrogen-bond acceptors (Lipinski definition) is 2. The van der Waals surface area contributed by atoms with Gasteiger partial charge in [0.25, 0.3) is 0 Å². The predicted octanol–water partition coefficient (Wildman–Crippen LogP) is 2.45. The maximum atomic E-state index is 12.2. The fourth-order valence-electron chi connectivity index (χ4n) is 2.97. The Kier molecular flexibility index (Phi) is 7.02. The minimum Gasteiger partial charge on any atom is -0.343 e. The van der Waals surface area contributed by atoms with Gasteiger partial charge in [-0.25, -0.2) is 0 Å². The third kappa shape index (κ3) is 4.77. The number of carbonyl (C=O) groups is 1. The molecule has 0 bridgehead atoms. The summed E-state index contributed by atoms with van der Waals surface area (Å²) in [5.74, 6) is 1.84. The summed E-state index contributed by atoms with van der Waals surface area (Å²) >= 11 is 0. The molecule has 18 heavy (non-hydrogen) atoms. The summed E-state index contributed by atoms with van der Waals surface area (Å²) in [5, 5.41) is 3.36. The Labute approximate surface area is 117 Å². The van der Waals surface area contributed by atoms with Crippen LogP contribution in [0.15, 0.2) is 0 Å². The number of likely N-dealkylation sites (tertiary alicyclic amines) is 1. The second-order valence-corrected chi connectivity index (χ2v) is 5.81. The number of carbonyl (C=O) groups excluding carboxylic acids is 1. The van der Waals surface area contributed by atoms with E-state index in [1.807, 2.05) is 0 Å². The van der Waals surface area contributed by atoms with E-state index in [-0.39, 0.29) is 12.4 Å². The lowest BCUT2D eigenvalue weighted by molar-refractivity contribution is -0.132. The van der Waals surface area contributed by atoms with Gasteiger partial charge < -0.3 is 10.2 Å². The Bertz CT molecular complexity index is 254. The highest BCUT2D eigenvalue weighted by Gasteiger charge is 2.22. The Morgan fingerprint density at radius 2 is 1.89 bits per heavy atom. The summed E-state index contributed by atoms with van der Waals surface area (Å²) in [5.41, 5.74) is 0. The summed E-state index contributed by atoms with van der Waals surface area (Å²) in [6, 6.07) is 0. The second kappa shape index (κ2) is 8.00. The van der Waals surface area contributed by atoms with Gasteiger partial charge in [0.2, 0.25) is 5.91 Å². The first-order chi connectivity index (χ1) is 8.25. The lowest BCUT2D eigenvalue weighted by atomic mass is 9.94. The van der Waals surface area contributed by atoms with Gasteiger partial charge in [-0.15, -0.1) is 12.4 Å². The average molecular weight is 275 g/mol. The van der Waals surface area contributed by atoms with Crippen molar-refractivity contribution in [1.82, 2.24) is 10.2 Å². The molecule has 1 unspecified atom stereocenters. The van der Waals surface area contributed by atoms with Crippen molar-refractivity contribution in [3.05, 3.63) is 0 Å². The van der Waals surface area contributed by atoms with E-state index >= 15 is 0 Å². The lowest BCUT2D eigenvalue weighted by Crippen LogP contribution is -2.36. The van der Waals surface area contributed by atoms with Crippen LogP contribution in [0.4, 0.5) is 0 Å². The minimum atomic E-state index is 0. The maximum absolute atomic E-state index is 12.2. The zero-order valence-corrected chi connectivity index (χ0v) is 12.3. The fourth-order valence-corrected chi connectivity index (χ4v) is 2.97. The van der Waals surface area contributed by atoms with E-state index in [0.717, 1.165) is 38.5 Å². The second-order valence-electron chi connectivity index (χ2n) is 5.81. The molecule has 2 rings (SSSR count). The smallest absolute Gasteiger partial charge is 0.222 e. The van der Waals surface area contributed by atoms with Crippen molar-refractivity contribution < 1.29 is 4.79 Å². The molecule has 0 aromatic carbocycles. The molecular weight excluding hydrogens is 248 g/mol. The van der Waals surface area contributed by atoms with E-state index in [1.54, 1.807) is 0 Å². The van der Waals surface area contributed by atoms with Crippen LogP contribution in [0.2, 0.25) is 0 Å². The first-order valence-corrected chi connectivity index (χ1v) is 7.24. The lowest BCUT2D eigenvalue weighted by Gasteiger charge is -2.26. The number of nitrogens with zero attached hydrogens (tertiary/aromatic N) is 1. The molecular formula is C14H27ClN2O. The van der Waals surface area contributed by atoms with Gasteiger partial charge in [0, 0.05) is 19.5 Å². The average Bonchev–Trinajstić information content (AvgIpc) is 2.55. The quantitative estimate of drug-likeness (QED) is 0.839. The normalized spacial score (nSPS) is 26.3. The summed E-state index contributed by atoms with van der Waals surface area (Å²) < 4.78 is 0. The monoisotopic (exact) mass is 274 g/mol. The molecule has 0 aromatic heterocycles. The van der Waals surface area contributed by atoms with E-state index in [2.05, 4.69) is 17.1 Å². The summed E-state index contributed by atoms with van der Waals surface area (Å²) in [6.45, 7) is 6.48. The van der Waals surface area contributed by atoms with Gasteiger partial charge in [-0.05, 0) is 57.0 Å². The molecule has 2 saturated heterocycles. The van der Waals surface area contributed by atoms with Crippen LogP contribution in [0.1, 0.15) is 45.4 Å². The molecule has 0 saturated carbocycles. The first kappa shape index (κ1) is 15.8. The van der Waals surface area contributed by atoms with E-state index in [4.69, 9.17) is 0 Å². The van der Waals surface area contributed by atoms with Crippen molar-refractivity contribution >= 4 is 18.3 Å². The Balaban J connectivity index is 0.00000162. The number of halogens is 1. The molecule has 2 aliphatic heterocycles. The van der Waals surface area contributed by atoms with Gasteiger partial charge in [0.05, 0.1) is 0 Å². The van der Waals surface area contributed by atoms with Crippen molar-refractivity contribution in [2.75, 3.05) is 26.2 Å². The topological polar surface area (TPSA) is 32.3 Å². The highest BCUT2D eigenvalue weighted by atomic mass is 35.5. The Morgan fingerprint density at radius 1 is 1.17 bits per heavy atom. The Morgan fingerprint density at radius 3 is 2.61 bits per heavy atom. The van der Waals surface area contributed by atoms with Crippen LogP contribution in [0, 0.1) is 11.8 Å². The van der Waals surface area contributed by atoms with Crippen LogP contribution < -0.4 is 5.32 Å². The van der Waals surface area contributed by atoms with Gasteiger partial charge in [0.15, 0.2) is 0 Å². The van der Waals surface area contributed by atoms with E-state index in [0.29, 0.717) is 11.8 Å². The molecule has 106 valence electrons. The Hall–Kier alpha value is -0.280. The number of rotatable bonds is 2. The molecule has 4 heteroatoms. The summed E-state index contributed by atoms with van der Waals surface area (Å²) in [4.78, 5) is 14.3. The van der Waals surface area contributed by atoms with Crippen molar-refractivity contribution in [2.24, 2.45) is 11.8 Å². The van der Waals surface area contributed by atoms with Crippen molar-refractivity contribution in [2.45, 2.75) is 45.4 Å². The standard InChI is InChI=1S/C14H26N2O.ClH/c1-12-3-2-9-16(10-6-12)14(17)11-13-4-7-15-8-5-13;/h12-13,15H,2-11H2,1H3;1H. The van der Waals surface area contributed by atoms with Crippen LogP contribution in [-0.4, -0.2) is 37.0 Å². The number of hydrogen-bond donors (Lipinski definition) is 1.